The molecule has 0 aromatic heterocycles. The Morgan fingerprint density at radius 3 is 2.64 bits per heavy atom. The van der Waals surface area contributed by atoms with E-state index >= 15 is 0 Å². The number of hydrogen-bond acceptors (Lipinski definition) is 6. The Labute approximate surface area is 146 Å². The van der Waals surface area contributed by atoms with Gasteiger partial charge in [0.05, 0.1) is 0 Å². The molecule has 0 saturated carbocycles. The zero-order chi connectivity index (χ0) is 18.6. The smallest absolute Gasteiger partial charge is 0.326 e. The molecule has 1 heterocycles. The first-order valence-corrected chi connectivity index (χ1v) is 9.22. The lowest BCUT2D eigenvalue weighted by molar-refractivity contribution is -0.148. The number of sulfonamides is 1. The van der Waals surface area contributed by atoms with Crippen molar-refractivity contribution in [2.45, 2.75) is 18.7 Å². The summed E-state index contributed by atoms with van der Waals surface area (Å²) in [6.45, 7) is 3.81. The molecule has 9 heteroatoms. The number of amides is 1. The van der Waals surface area contributed by atoms with Crippen LogP contribution in [0.4, 0.5) is 0 Å². The number of nitrogens with one attached hydrogen (secondary N) is 1. The van der Waals surface area contributed by atoms with Crippen LogP contribution in [0.3, 0.4) is 0 Å². The van der Waals surface area contributed by atoms with E-state index in [9.17, 15) is 18.0 Å². The zero-order valence-electron chi connectivity index (χ0n) is 14.4. The maximum absolute atomic E-state index is 12.0. The Balaban J connectivity index is 1.93. The van der Waals surface area contributed by atoms with Crippen LogP contribution in [-0.2, 0) is 24.3 Å². The number of amidine groups is 1. The predicted octanol–water partition coefficient (Wildman–Crippen LogP) is 0.383. The number of esters is 1. The van der Waals surface area contributed by atoms with Crippen LogP contribution in [0.2, 0.25) is 0 Å². The second-order valence-electron chi connectivity index (χ2n) is 6.10. The van der Waals surface area contributed by atoms with Crippen molar-refractivity contribution in [1.82, 2.24) is 10.2 Å². The van der Waals surface area contributed by atoms with Gasteiger partial charge >= 0.3 is 5.97 Å². The molecule has 25 heavy (non-hydrogen) atoms. The minimum absolute atomic E-state index is 0.110. The topological polar surface area (TPSA) is 105 Å². The molecule has 0 spiro atoms. The number of ether oxygens (including phenoxy) is 1. The first-order valence-electron chi connectivity index (χ1n) is 7.78. The Bertz CT molecular complexity index is 802. The van der Waals surface area contributed by atoms with Crippen LogP contribution in [0.25, 0.3) is 0 Å². The van der Waals surface area contributed by atoms with Crippen molar-refractivity contribution in [3.8, 4) is 0 Å². The third-order valence-corrected chi connectivity index (χ3v) is 4.74. The highest BCUT2D eigenvalue weighted by atomic mass is 32.2. The maximum atomic E-state index is 12.0. The van der Waals surface area contributed by atoms with Gasteiger partial charge in [0, 0.05) is 19.2 Å². The maximum Gasteiger partial charge on any atom is 0.326 e. The van der Waals surface area contributed by atoms with Crippen molar-refractivity contribution in [1.29, 1.82) is 0 Å². The fourth-order valence-corrected chi connectivity index (χ4v) is 3.44. The van der Waals surface area contributed by atoms with Gasteiger partial charge in [-0.25, -0.2) is 0 Å². The summed E-state index contributed by atoms with van der Waals surface area (Å²) in [5.41, 5.74) is 0.437. The molecule has 1 aliphatic heterocycles. The predicted molar refractivity (Wildman–Crippen MR) is 91.6 cm³/mol. The molecule has 0 radical (unpaired) electrons. The molecule has 8 nitrogen and oxygen atoms in total. The van der Waals surface area contributed by atoms with E-state index in [0.717, 1.165) is 0 Å². The molecule has 1 N–H and O–H groups in total. The molecule has 0 atom stereocenters. The van der Waals surface area contributed by atoms with Crippen LogP contribution >= 0.6 is 0 Å². The summed E-state index contributed by atoms with van der Waals surface area (Å²) in [6.07, 6.45) is 0. The molecule has 1 aliphatic rings. The summed E-state index contributed by atoms with van der Waals surface area (Å²) in [5, 5.41) is 2.64. The minimum Gasteiger partial charge on any atom is -0.454 e. The quantitative estimate of drug-likeness (QED) is 0.729. The zero-order valence-corrected chi connectivity index (χ0v) is 15.2. The highest BCUT2D eigenvalue weighted by molar-refractivity contribution is 7.90. The second kappa shape index (κ2) is 7.64. The minimum atomic E-state index is -3.75. The molecule has 0 fully saturated rings. The second-order valence-corrected chi connectivity index (χ2v) is 7.67. The highest BCUT2D eigenvalue weighted by Gasteiger charge is 2.31. The summed E-state index contributed by atoms with van der Waals surface area (Å²) in [5.74, 6) is -0.549. The van der Waals surface area contributed by atoms with Crippen LogP contribution in [0.15, 0.2) is 33.6 Å². The molecule has 1 amide bonds. The lowest BCUT2D eigenvalue weighted by Gasteiger charge is -2.18. The fraction of sp³-hybridized carbons (Fsp3) is 0.438. The van der Waals surface area contributed by atoms with Crippen molar-refractivity contribution >= 4 is 27.7 Å². The van der Waals surface area contributed by atoms with Gasteiger partial charge in [-0.1, -0.05) is 26.0 Å². The largest absolute Gasteiger partial charge is 0.454 e. The molecule has 0 unspecified atom stereocenters. The number of hydrogen-bond donors (Lipinski definition) is 1. The Kier molecular flexibility index (Phi) is 5.78. The van der Waals surface area contributed by atoms with Crippen LogP contribution in [0.1, 0.15) is 19.4 Å². The summed E-state index contributed by atoms with van der Waals surface area (Å²) < 4.78 is 32.6. The van der Waals surface area contributed by atoms with Gasteiger partial charge in [-0.2, -0.15) is 8.42 Å². The summed E-state index contributed by atoms with van der Waals surface area (Å²) in [6, 6.07) is 6.39. The summed E-state index contributed by atoms with van der Waals surface area (Å²) >= 11 is 0. The van der Waals surface area contributed by atoms with Crippen molar-refractivity contribution in [2.75, 3.05) is 26.7 Å². The van der Waals surface area contributed by atoms with Crippen LogP contribution < -0.4 is 5.32 Å². The number of benzene rings is 1. The van der Waals surface area contributed by atoms with Crippen LogP contribution in [0, 0.1) is 5.92 Å². The molecule has 1 aromatic carbocycles. The molecular weight excluding hydrogens is 346 g/mol. The van der Waals surface area contributed by atoms with Crippen LogP contribution in [-0.4, -0.2) is 57.8 Å². The van der Waals surface area contributed by atoms with E-state index in [2.05, 4.69) is 9.71 Å². The molecule has 1 aromatic rings. The van der Waals surface area contributed by atoms with Gasteiger partial charge < -0.3 is 15.0 Å². The molecule has 0 bridgehead atoms. The first-order chi connectivity index (χ1) is 11.7. The number of fused-ring (bicyclic) bond motifs is 1. The summed E-state index contributed by atoms with van der Waals surface area (Å²) in [4.78, 5) is 24.9. The van der Waals surface area contributed by atoms with Gasteiger partial charge in [0.1, 0.15) is 11.4 Å². The van der Waals surface area contributed by atoms with Crippen molar-refractivity contribution in [3.63, 3.8) is 0 Å². The lowest BCUT2D eigenvalue weighted by Crippen LogP contribution is -2.36. The molecule has 0 aliphatic carbocycles. The fourth-order valence-electron chi connectivity index (χ4n) is 2.19. The normalized spacial score (nSPS) is 14.6. The van der Waals surface area contributed by atoms with Gasteiger partial charge in [-0.05, 0) is 18.1 Å². The van der Waals surface area contributed by atoms with Gasteiger partial charge in [0.25, 0.3) is 15.9 Å². The van der Waals surface area contributed by atoms with E-state index in [1.165, 1.54) is 18.0 Å². The number of carbonyl (C=O) groups excluding carboxylic acids is 2. The van der Waals surface area contributed by atoms with E-state index in [1.54, 1.807) is 18.2 Å². The summed E-state index contributed by atoms with van der Waals surface area (Å²) in [7, 11) is -2.21. The average molecular weight is 367 g/mol. The number of likely N-dealkylation sites (N-methyl/N-ethyl adjacent to an activating group) is 1. The SMILES string of the molecule is CC(C)CNC(=O)COC(=O)CN(C)C1=NS(=O)(=O)c2ccccc21. The Morgan fingerprint density at radius 2 is 1.96 bits per heavy atom. The van der Waals surface area contributed by atoms with Crippen molar-refractivity contribution < 1.29 is 22.7 Å². The van der Waals surface area contributed by atoms with Gasteiger partial charge in [-0.3, -0.25) is 9.59 Å². The Hall–Kier alpha value is -2.42. The molecule has 2 rings (SSSR count). The van der Waals surface area contributed by atoms with E-state index < -0.39 is 16.0 Å². The lowest BCUT2D eigenvalue weighted by atomic mass is 10.2. The van der Waals surface area contributed by atoms with E-state index in [0.29, 0.717) is 18.0 Å². The molecule has 136 valence electrons. The monoisotopic (exact) mass is 367 g/mol. The molecule has 0 saturated heterocycles. The van der Waals surface area contributed by atoms with E-state index in [4.69, 9.17) is 4.74 Å². The number of carbonyl (C=O) groups is 2. The molecular formula is C16H21N3O5S. The number of nitrogens with zero attached hydrogens (tertiary/aromatic N) is 2. The standard InChI is InChI=1S/C16H21N3O5S/c1-11(2)8-17-14(20)10-24-15(21)9-19(3)16-12-6-4-5-7-13(12)25(22,23)18-16/h4-7,11H,8-10H2,1-3H3,(H,17,20). The van der Waals surface area contributed by atoms with Gasteiger partial charge in [0.15, 0.2) is 12.4 Å². The Morgan fingerprint density at radius 1 is 1.28 bits per heavy atom. The van der Waals surface area contributed by atoms with E-state index in [-0.39, 0.29) is 29.8 Å². The van der Waals surface area contributed by atoms with Gasteiger partial charge in [-0.15, -0.1) is 4.40 Å². The average Bonchev–Trinajstić information content (AvgIpc) is 2.83. The third kappa shape index (κ3) is 4.79. The number of rotatable bonds is 6. The van der Waals surface area contributed by atoms with Crippen molar-refractivity contribution in [2.24, 2.45) is 10.3 Å². The van der Waals surface area contributed by atoms with Gasteiger partial charge in [0.2, 0.25) is 0 Å². The van der Waals surface area contributed by atoms with Crippen molar-refractivity contribution in [3.05, 3.63) is 29.8 Å². The van der Waals surface area contributed by atoms with Crippen LogP contribution in [0.5, 0.6) is 0 Å². The first kappa shape index (κ1) is 18.9. The third-order valence-electron chi connectivity index (χ3n) is 3.41. The van der Waals surface area contributed by atoms with E-state index in [1.807, 2.05) is 13.8 Å². The highest BCUT2D eigenvalue weighted by Crippen LogP contribution is 2.26.